The molecule has 0 saturated carbocycles. The van der Waals surface area contributed by atoms with E-state index in [1.165, 1.54) is 18.3 Å². The van der Waals surface area contributed by atoms with Gasteiger partial charge in [0.2, 0.25) is 0 Å². The zero-order chi connectivity index (χ0) is 21.7. The van der Waals surface area contributed by atoms with E-state index in [1.54, 1.807) is 30.3 Å². The first-order valence-electron chi connectivity index (χ1n) is 8.29. The number of benzene rings is 2. The number of nitrogens with one attached hydrogen (secondary N) is 1. The Morgan fingerprint density at radius 3 is 2.40 bits per heavy atom. The van der Waals surface area contributed by atoms with Crippen molar-refractivity contribution in [3.63, 3.8) is 0 Å². The highest BCUT2D eigenvalue weighted by molar-refractivity contribution is 6.37. The van der Waals surface area contributed by atoms with Crippen molar-refractivity contribution in [2.75, 3.05) is 5.43 Å². The number of anilines is 1. The predicted octanol–water partition coefficient (Wildman–Crippen LogP) is 6.63. The molecule has 0 amide bonds. The minimum Gasteiger partial charge on any atom is -0.486 e. The first-order chi connectivity index (χ1) is 14.3. The molecule has 0 aliphatic heterocycles. The van der Waals surface area contributed by atoms with Gasteiger partial charge < -0.3 is 4.74 Å². The van der Waals surface area contributed by atoms with Crippen LogP contribution in [-0.2, 0) is 6.61 Å². The number of aromatic nitrogens is 1. The predicted molar refractivity (Wildman–Crippen MR) is 119 cm³/mol. The zero-order valence-electron chi connectivity index (χ0n) is 15.0. The second-order valence-corrected chi connectivity index (χ2v) is 7.52. The van der Waals surface area contributed by atoms with Crippen molar-refractivity contribution in [2.45, 2.75) is 6.61 Å². The lowest BCUT2D eigenvalue weighted by molar-refractivity contribution is -0.385. The van der Waals surface area contributed by atoms with Crippen molar-refractivity contribution in [2.24, 2.45) is 5.10 Å². The van der Waals surface area contributed by atoms with Crippen molar-refractivity contribution in [3.05, 3.63) is 90.0 Å². The number of nitro groups is 1. The molecule has 0 aliphatic rings. The van der Waals surface area contributed by atoms with Gasteiger partial charge in [-0.2, -0.15) is 5.10 Å². The van der Waals surface area contributed by atoms with Crippen LogP contribution in [0.2, 0.25) is 20.1 Å². The van der Waals surface area contributed by atoms with Crippen LogP contribution in [0.25, 0.3) is 0 Å². The molecule has 7 nitrogen and oxygen atoms in total. The molecule has 0 aliphatic carbocycles. The largest absolute Gasteiger partial charge is 0.486 e. The fraction of sp³-hybridized carbons (Fsp3) is 0.0526. The number of hydrazone groups is 1. The monoisotopic (exact) mass is 484 g/mol. The van der Waals surface area contributed by atoms with Gasteiger partial charge in [0.25, 0.3) is 5.69 Å². The quantitative estimate of drug-likeness (QED) is 0.230. The average molecular weight is 486 g/mol. The molecule has 1 aromatic heterocycles. The van der Waals surface area contributed by atoms with E-state index in [0.29, 0.717) is 37.2 Å². The average Bonchev–Trinajstić information content (AvgIpc) is 2.69. The smallest absolute Gasteiger partial charge is 0.287 e. The molecule has 3 aromatic rings. The molecule has 1 N–H and O–H groups in total. The van der Waals surface area contributed by atoms with Crippen molar-refractivity contribution < 1.29 is 9.66 Å². The van der Waals surface area contributed by atoms with Crippen LogP contribution in [-0.4, -0.2) is 16.1 Å². The lowest BCUT2D eigenvalue weighted by atomic mass is 10.2. The number of ether oxygens (including phenoxy) is 1. The van der Waals surface area contributed by atoms with E-state index in [0.717, 1.165) is 11.8 Å². The molecular weight excluding hydrogens is 474 g/mol. The van der Waals surface area contributed by atoms with E-state index in [2.05, 4.69) is 15.5 Å². The molecule has 0 fully saturated rings. The first kappa shape index (κ1) is 22.1. The van der Waals surface area contributed by atoms with Gasteiger partial charge >= 0.3 is 0 Å². The fourth-order valence-electron chi connectivity index (χ4n) is 2.31. The number of hydrogen-bond donors (Lipinski definition) is 1. The van der Waals surface area contributed by atoms with Crippen LogP contribution in [0.1, 0.15) is 11.1 Å². The Bertz CT molecular complexity index is 1080. The highest BCUT2D eigenvalue weighted by Gasteiger charge is 2.11. The third-order valence-corrected chi connectivity index (χ3v) is 4.91. The standard InChI is InChI=1S/C19H12Cl4N4O3/c20-13-2-1-12(15(21)7-13)10-30-19-16(22)5-11(6-17(19)23)8-25-26-18-4-3-14(9-24-18)27(28)29/h1-9H,10H2,(H,24,26)/b25-8+. The van der Waals surface area contributed by atoms with Crippen LogP contribution in [0.5, 0.6) is 5.75 Å². The minimum absolute atomic E-state index is 0.112. The lowest BCUT2D eigenvalue weighted by Crippen LogP contribution is -1.99. The number of halogens is 4. The molecule has 1 heterocycles. The Kier molecular flexibility index (Phi) is 7.33. The van der Waals surface area contributed by atoms with E-state index in [-0.39, 0.29) is 12.3 Å². The summed E-state index contributed by atoms with van der Waals surface area (Å²) in [5, 5.41) is 16.2. The van der Waals surface area contributed by atoms with E-state index < -0.39 is 4.92 Å². The fourth-order valence-corrected chi connectivity index (χ4v) is 3.39. The maximum Gasteiger partial charge on any atom is 0.287 e. The third kappa shape index (κ3) is 5.73. The van der Waals surface area contributed by atoms with Crippen molar-refractivity contribution in [1.82, 2.24) is 4.98 Å². The lowest BCUT2D eigenvalue weighted by Gasteiger charge is -2.12. The summed E-state index contributed by atoms with van der Waals surface area (Å²) in [5.41, 5.74) is 3.89. The summed E-state index contributed by atoms with van der Waals surface area (Å²) in [6.45, 7) is 0.163. The molecule has 0 atom stereocenters. The van der Waals surface area contributed by atoms with Gasteiger partial charge in [-0.1, -0.05) is 52.5 Å². The summed E-state index contributed by atoms with van der Waals surface area (Å²) in [6, 6.07) is 11.1. The molecule has 3 rings (SSSR count). The number of nitrogens with zero attached hydrogens (tertiary/aromatic N) is 3. The summed E-state index contributed by atoms with van der Waals surface area (Å²) in [6.07, 6.45) is 2.60. The molecule has 0 bridgehead atoms. The topological polar surface area (TPSA) is 89.7 Å². The Morgan fingerprint density at radius 1 is 1.07 bits per heavy atom. The first-order valence-corrected chi connectivity index (χ1v) is 9.80. The van der Waals surface area contributed by atoms with Gasteiger partial charge in [-0.15, -0.1) is 0 Å². The van der Waals surface area contributed by atoms with Crippen LogP contribution in [0.15, 0.2) is 53.8 Å². The Balaban J connectivity index is 1.66. The normalized spacial score (nSPS) is 10.9. The van der Waals surface area contributed by atoms with Crippen LogP contribution in [0.4, 0.5) is 11.5 Å². The van der Waals surface area contributed by atoms with Gasteiger partial charge in [-0.05, 0) is 35.9 Å². The molecule has 0 saturated heterocycles. The molecule has 11 heteroatoms. The Labute approximate surface area is 191 Å². The van der Waals surface area contributed by atoms with Gasteiger partial charge in [-0.3, -0.25) is 15.5 Å². The molecule has 2 aromatic carbocycles. The van der Waals surface area contributed by atoms with Gasteiger partial charge in [0.15, 0.2) is 5.75 Å². The zero-order valence-corrected chi connectivity index (χ0v) is 18.0. The molecule has 30 heavy (non-hydrogen) atoms. The second kappa shape index (κ2) is 9.95. The van der Waals surface area contributed by atoms with Crippen LogP contribution in [0, 0.1) is 10.1 Å². The summed E-state index contributed by atoms with van der Waals surface area (Å²) in [5.74, 6) is 0.653. The molecule has 0 radical (unpaired) electrons. The molecule has 154 valence electrons. The van der Waals surface area contributed by atoms with Crippen molar-refractivity contribution in [3.8, 4) is 5.75 Å². The van der Waals surface area contributed by atoms with Crippen LogP contribution >= 0.6 is 46.4 Å². The van der Waals surface area contributed by atoms with Gasteiger partial charge in [0.05, 0.1) is 21.2 Å². The molecule has 0 unspecified atom stereocenters. The summed E-state index contributed by atoms with van der Waals surface area (Å²) in [7, 11) is 0. The number of rotatable bonds is 7. The van der Waals surface area contributed by atoms with Gasteiger partial charge in [0, 0.05) is 21.7 Å². The summed E-state index contributed by atoms with van der Waals surface area (Å²) < 4.78 is 5.72. The van der Waals surface area contributed by atoms with Crippen molar-refractivity contribution >= 4 is 64.1 Å². The van der Waals surface area contributed by atoms with Crippen LogP contribution < -0.4 is 10.2 Å². The second-order valence-electron chi connectivity index (χ2n) is 5.87. The number of hydrogen-bond acceptors (Lipinski definition) is 6. The minimum atomic E-state index is -0.533. The summed E-state index contributed by atoms with van der Waals surface area (Å²) in [4.78, 5) is 14.0. The van der Waals surface area contributed by atoms with Crippen molar-refractivity contribution in [1.29, 1.82) is 0 Å². The maximum absolute atomic E-state index is 10.6. The Hall–Kier alpha value is -2.58. The third-order valence-electron chi connectivity index (χ3n) is 3.76. The Morgan fingerprint density at radius 2 is 1.80 bits per heavy atom. The van der Waals surface area contributed by atoms with E-state index in [9.17, 15) is 10.1 Å². The highest BCUT2D eigenvalue weighted by Crippen LogP contribution is 2.35. The molecular formula is C19H12Cl4N4O3. The van der Waals surface area contributed by atoms with E-state index in [4.69, 9.17) is 51.1 Å². The van der Waals surface area contributed by atoms with E-state index >= 15 is 0 Å². The SMILES string of the molecule is O=[N+]([O-])c1ccc(N/N=C/c2cc(Cl)c(OCc3ccc(Cl)cc3Cl)c(Cl)c2)nc1. The summed E-state index contributed by atoms with van der Waals surface area (Å²) >= 11 is 24.6. The van der Waals surface area contributed by atoms with Crippen LogP contribution in [0.3, 0.4) is 0 Å². The van der Waals surface area contributed by atoms with Gasteiger partial charge in [-0.25, -0.2) is 4.98 Å². The van der Waals surface area contributed by atoms with E-state index in [1.807, 2.05) is 0 Å². The number of pyridine rings is 1. The maximum atomic E-state index is 10.6. The highest BCUT2D eigenvalue weighted by atomic mass is 35.5. The van der Waals surface area contributed by atoms with Gasteiger partial charge in [0.1, 0.15) is 18.6 Å². The molecule has 0 spiro atoms.